The Bertz CT molecular complexity index is 840. The lowest BCUT2D eigenvalue weighted by molar-refractivity contribution is 0.151. The molecule has 3 rings (SSSR count). The second-order valence-corrected chi connectivity index (χ2v) is 9.24. The molecule has 6 heteroatoms. The van der Waals surface area contributed by atoms with Gasteiger partial charge >= 0.3 is 0 Å². The fourth-order valence-corrected chi connectivity index (χ4v) is 4.16. The van der Waals surface area contributed by atoms with Crippen LogP contribution in [0.15, 0.2) is 53.4 Å². The van der Waals surface area contributed by atoms with Gasteiger partial charge in [0.25, 0.3) is 0 Å². The van der Waals surface area contributed by atoms with E-state index in [2.05, 4.69) is 36.1 Å². The molecule has 0 unspecified atom stereocenters. The summed E-state index contributed by atoms with van der Waals surface area (Å²) in [6, 6.07) is 15.1. The maximum absolute atomic E-state index is 11.3. The van der Waals surface area contributed by atoms with Crippen molar-refractivity contribution in [2.75, 3.05) is 26.2 Å². The smallest absolute Gasteiger partial charge is 0.238 e. The van der Waals surface area contributed by atoms with Crippen LogP contribution >= 0.6 is 0 Å². The number of aryl methyl sites for hydroxylation is 2. The maximum atomic E-state index is 11.3. The van der Waals surface area contributed by atoms with Crippen molar-refractivity contribution in [3.8, 4) is 5.75 Å². The normalized spacial score (nSPS) is 16.2. The monoisotopic (exact) mass is 402 g/mol. The van der Waals surface area contributed by atoms with Crippen molar-refractivity contribution < 1.29 is 13.2 Å². The van der Waals surface area contributed by atoms with Crippen molar-refractivity contribution >= 4 is 10.0 Å². The van der Waals surface area contributed by atoms with Gasteiger partial charge in [0.15, 0.2) is 0 Å². The predicted octanol–water partition coefficient (Wildman–Crippen LogP) is 3.37. The first kappa shape index (κ1) is 20.8. The zero-order chi connectivity index (χ0) is 20.0. The van der Waals surface area contributed by atoms with Crippen LogP contribution in [0.1, 0.15) is 30.4 Å². The number of primary sulfonamides is 1. The molecule has 0 radical (unpaired) electrons. The Morgan fingerprint density at radius 3 is 2.29 bits per heavy atom. The molecule has 0 aliphatic carbocycles. The highest BCUT2D eigenvalue weighted by Gasteiger charge is 2.19. The van der Waals surface area contributed by atoms with Crippen LogP contribution < -0.4 is 9.88 Å². The molecular weight excluding hydrogens is 372 g/mol. The SMILES string of the molecule is Cc1ccc(CCC2CCN(CCOc3ccc(S(N)(=O)=O)cc3)CC2)cc1. The first-order valence-electron chi connectivity index (χ1n) is 9.94. The van der Waals surface area contributed by atoms with Gasteiger partial charge in [-0.1, -0.05) is 29.8 Å². The molecule has 2 aromatic rings. The first-order valence-corrected chi connectivity index (χ1v) is 11.5. The van der Waals surface area contributed by atoms with Crippen molar-refractivity contribution in [3.05, 3.63) is 59.7 Å². The van der Waals surface area contributed by atoms with Crippen LogP contribution in [-0.2, 0) is 16.4 Å². The molecule has 2 N–H and O–H groups in total. The van der Waals surface area contributed by atoms with Gasteiger partial charge < -0.3 is 4.74 Å². The van der Waals surface area contributed by atoms with E-state index in [9.17, 15) is 8.42 Å². The molecule has 0 amide bonds. The van der Waals surface area contributed by atoms with Crippen LogP contribution in [0.3, 0.4) is 0 Å². The molecule has 1 fully saturated rings. The van der Waals surface area contributed by atoms with Crippen molar-refractivity contribution in [1.82, 2.24) is 4.90 Å². The Hall–Kier alpha value is -1.89. The summed E-state index contributed by atoms with van der Waals surface area (Å²) in [5.41, 5.74) is 2.76. The Kier molecular flexibility index (Phi) is 7.10. The van der Waals surface area contributed by atoms with Crippen molar-refractivity contribution in [1.29, 1.82) is 0 Å². The Morgan fingerprint density at radius 2 is 1.68 bits per heavy atom. The fourth-order valence-electron chi connectivity index (χ4n) is 3.64. The average Bonchev–Trinajstić information content (AvgIpc) is 2.68. The van der Waals surface area contributed by atoms with Crippen molar-refractivity contribution in [3.63, 3.8) is 0 Å². The quantitative estimate of drug-likeness (QED) is 0.735. The van der Waals surface area contributed by atoms with Gasteiger partial charge in [-0.05, 0) is 81.4 Å². The molecule has 1 saturated heterocycles. The maximum Gasteiger partial charge on any atom is 0.238 e. The Balaban J connectivity index is 1.33. The topological polar surface area (TPSA) is 72.6 Å². The van der Waals surface area contributed by atoms with Gasteiger partial charge in [-0.15, -0.1) is 0 Å². The third-order valence-corrected chi connectivity index (χ3v) is 6.43. The number of piperidine rings is 1. The van der Waals surface area contributed by atoms with Crippen LogP contribution in [0.2, 0.25) is 0 Å². The highest BCUT2D eigenvalue weighted by atomic mass is 32.2. The van der Waals surface area contributed by atoms with E-state index in [1.54, 1.807) is 12.1 Å². The van der Waals surface area contributed by atoms with Gasteiger partial charge in [-0.3, -0.25) is 4.90 Å². The van der Waals surface area contributed by atoms with E-state index in [1.165, 1.54) is 48.9 Å². The summed E-state index contributed by atoms with van der Waals surface area (Å²) in [7, 11) is -3.65. The minimum atomic E-state index is -3.65. The van der Waals surface area contributed by atoms with E-state index in [-0.39, 0.29) is 4.90 Å². The van der Waals surface area contributed by atoms with E-state index >= 15 is 0 Å². The predicted molar refractivity (Wildman–Crippen MR) is 112 cm³/mol. The molecule has 28 heavy (non-hydrogen) atoms. The van der Waals surface area contributed by atoms with E-state index in [0.717, 1.165) is 25.6 Å². The van der Waals surface area contributed by atoms with Gasteiger partial charge in [-0.2, -0.15) is 0 Å². The molecule has 0 aromatic heterocycles. The molecule has 0 bridgehead atoms. The van der Waals surface area contributed by atoms with Crippen molar-refractivity contribution in [2.24, 2.45) is 11.1 Å². The number of nitrogens with zero attached hydrogens (tertiary/aromatic N) is 1. The summed E-state index contributed by atoms with van der Waals surface area (Å²) in [6.45, 7) is 5.85. The van der Waals surface area contributed by atoms with Gasteiger partial charge in [0.1, 0.15) is 12.4 Å². The molecular formula is C22H30N2O3S. The summed E-state index contributed by atoms with van der Waals surface area (Å²) in [6.07, 6.45) is 4.93. The number of hydrogen-bond donors (Lipinski definition) is 1. The van der Waals surface area contributed by atoms with Crippen molar-refractivity contribution in [2.45, 2.75) is 37.5 Å². The van der Waals surface area contributed by atoms with E-state index < -0.39 is 10.0 Å². The lowest BCUT2D eigenvalue weighted by atomic mass is 9.90. The van der Waals surface area contributed by atoms with Gasteiger partial charge in [0.05, 0.1) is 4.90 Å². The summed E-state index contributed by atoms with van der Waals surface area (Å²) >= 11 is 0. The van der Waals surface area contributed by atoms with E-state index in [4.69, 9.17) is 9.88 Å². The Labute approximate surface area is 168 Å². The van der Waals surface area contributed by atoms with Crippen LogP contribution in [0.25, 0.3) is 0 Å². The molecule has 152 valence electrons. The highest BCUT2D eigenvalue weighted by Crippen LogP contribution is 2.22. The second-order valence-electron chi connectivity index (χ2n) is 7.67. The number of likely N-dealkylation sites (tertiary alicyclic amines) is 1. The number of rotatable bonds is 8. The third kappa shape index (κ3) is 6.33. The number of hydrogen-bond acceptors (Lipinski definition) is 4. The van der Waals surface area contributed by atoms with Crippen LogP contribution in [-0.4, -0.2) is 39.6 Å². The second kappa shape index (κ2) is 9.54. The minimum Gasteiger partial charge on any atom is -0.492 e. The van der Waals surface area contributed by atoms with Crippen LogP contribution in [0, 0.1) is 12.8 Å². The van der Waals surface area contributed by atoms with E-state index in [0.29, 0.717) is 12.4 Å². The third-order valence-electron chi connectivity index (χ3n) is 5.50. The zero-order valence-corrected chi connectivity index (χ0v) is 17.3. The Morgan fingerprint density at radius 1 is 1.04 bits per heavy atom. The molecule has 0 atom stereocenters. The highest BCUT2D eigenvalue weighted by molar-refractivity contribution is 7.89. The van der Waals surface area contributed by atoms with Crippen LogP contribution in [0.5, 0.6) is 5.75 Å². The summed E-state index contributed by atoms with van der Waals surface area (Å²) in [4.78, 5) is 2.55. The lowest BCUT2D eigenvalue weighted by Gasteiger charge is -2.31. The number of ether oxygens (including phenoxy) is 1. The summed E-state index contributed by atoms with van der Waals surface area (Å²) < 4.78 is 28.3. The molecule has 0 saturated carbocycles. The van der Waals surface area contributed by atoms with E-state index in [1.807, 2.05) is 0 Å². The largest absolute Gasteiger partial charge is 0.492 e. The first-order chi connectivity index (χ1) is 13.4. The van der Waals surface area contributed by atoms with Gasteiger partial charge in [-0.25, -0.2) is 13.6 Å². The summed E-state index contributed by atoms with van der Waals surface area (Å²) in [5, 5.41) is 5.10. The average molecular weight is 403 g/mol. The standard InChI is InChI=1S/C22H30N2O3S/c1-18-2-4-19(5-3-18)6-7-20-12-14-24(15-13-20)16-17-27-21-8-10-22(11-9-21)28(23,25)26/h2-5,8-11,20H,6-7,12-17H2,1H3,(H2,23,25,26). The van der Waals surface area contributed by atoms with Gasteiger partial charge in [0, 0.05) is 6.54 Å². The summed E-state index contributed by atoms with van der Waals surface area (Å²) in [5.74, 6) is 1.48. The van der Waals surface area contributed by atoms with Gasteiger partial charge in [0.2, 0.25) is 10.0 Å². The number of sulfonamides is 1. The number of nitrogens with two attached hydrogens (primary N) is 1. The lowest BCUT2D eigenvalue weighted by Crippen LogP contribution is -2.36. The fraction of sp³-hybridized carbons (Fsp3) is 0.455. The van der Waals surface area contributed by atoms with Crippen LogP contribution in [0.4, 0.5) is 0 Å². The zero-order valence-electron chi connectivity index (χ0n) is 16.5. The molecule has 1 heterocycles. The minimum absolute atomic E-state index is 0.104. The molecule has 5 nitrogen and oxygen atoms in total. The molecule has 0 spiro atoms. The molecule has 1 aliphatic heterocycles. The number of benzene rings is 2. The molecule has 1 aliphatic rings. The molecule has 2 aromatic carbocycles.